The molecular formula is C20H20N4O6. The molecule has 0 fully saturated rings. The summed E-state index contributed by atoms with van der Waals surface area (Å²) < 4.78 is 11.7. The maximum atomic E-state index is 12.6. The van der Waals surface area contributed by atoms with Gasteiger partial charge in [0.25, 0.3) is 11.2 Å². The number of nitrogens with one attached hydrogen (secondary N) is 1. The summed E-state index contributed by atoms with van der Waals surface area (Å²) in [5.74, 6) is 0.809. The Kier molecular flexibility index (Phi) is 5.95. The number of hydrogen-bond donors (Lipinski definition) is 1. The number of rotatable bonds is 7. The van der Waals surface area contributed by atoms with E-state index >= 15 is 0 Å². The van der Waals surface area contributed by atoms with Gasteiger partial charge in [-0.2, -0.15) is 0 Å². The second-order valence-corrected chi connectivity index (χ2v) is 6.53. The summed E-state index contributed by atoms with van der Waals surface area (Å²) in [6.07, 6.45) is 1.20. The molecule has 1 unspecified atom stereocenters. The smallest absolute Gasteiger partial charge is 0.271 e. The van der Waals surface area contributed by atoms with Gasteiger partial charge >= 0.3 is 0 Å². The first-order chi connectivity index (χ1) is 14.3. The van der Waals surface area contributed by atoms with E-state index in [1.807, 2.05) is 0 Å². The van der Waals surface area contributed by atoms with Crippen molar-refractivity contribution in [3.05, 3.63) is 68.8 Å². The van der Waals surface area contributed by atoms with Crippen LogP contribution in [0.15, 0.2) is 47.5 Å². The maximum absolute atomic E-state index is 12.6. The number of nitro groups is 1. The second-order valence-electron chi connectivity index (χ2n) is 6.53. The Morgan fingerprint density at radius 2 is 2.00 bits per heavy atom. The summed E-state index contributed by atoms with van der Waals surface area (Å²) in [5.41, 5.74) is 0.296. The van der Waals surface area contributed by atoms with Crippen molar-refractivity contribution < 1.29 is 19.2 Å². The molecule has 1 heterocycles. The van der Waals surface area contributed by atoms with Crippen LogP contribution in [0.1, 0.15) is 18.5 Å². The van der Waals surface area contributed by atoms with Gasteiger partial charge in [0, 0.05) is 17.7 Å². The molecular weight excluding hydrogens is 392 g/mol. The van der Waals surface area contributed by atoms with Crippen molar-refractivity contribution in [2.24, 2.45) is 0 Å². The van der Waals surface area contributed by atoms with E-state index in [1.54, 1.807) is 32.2 Å². The van der Waals surface area contributed by atoms with Crippen molar-refractivity contribution >= 4 is 22.5 Å². The van der Waals surface area contributed by atoms with Crippen LogP contribution in [0, 0.1) is 10.1 Å². The number of carbonyl (C=O) groups is 1. The Morgan fingerprint density at radius 3 is 2.67 bits per heavy atom. The molecule has 0 bridgehead atoms. The highest BCUT2D eigenvalue weighted by Gasteiger charge is 2.17. The minimum atomic E-state index is -0.561. The second kappa shape index (κ2) is 8.60. The minimum Gasteiger partial charge on any atom is -0.497 e. The Morgan fingerprint density at radius 1 is 1.23 bits per heavy atom. The molecule has 1 amide bonds. The van der Waals surface area contributed by atoms with Crippen LogP contribution in [0.5, 0.6) is 11.5 Å². The van der Waals surface area contributed by atoms with Crippen LogP contribution in [0.2, 0.25) is 0 Å². The number of benzene rings is 2. The average molecular weight is 412 g/mol. The van der Waals surface area contributed by atoms with E-state index in [1.165, 1.54) is 31.6 Å². The third kappa shape index (κ3) is 4.22. The molecule has 0 spiro atoms. The molecule has 1 aromatic heterocycles. The number of fused-ring (bicyclic) bond motifs is 1. The summed E-state index contributed by atoms with van der Waals surface area (Å²) >= 11 is 0. The topological polar surface area (TPSA) is 126 Å². The zero-order chi connectivity index (χ0) is 21.8. The molecule has 1 N–H and O–H groups in total. The average Bonchev–Trinajstić information content (AvgIpc) is 2.74. The summed E-state index contributed by atoms with van der Waals surface area (Å²) in [6.45, 7) is 1.53. The molecule has 30 heavy (non-hydrogen) atoms. The molecule has 10 heteroatoms. The third-order valence-electron chi connectivity index (χ3n) is 4.61. The molecule has 0 saturated carbocycles. The van der Waals surface area contributed by atoms with E-state index < -0.39 is 22.4 Å². The molecule has 2 aromatic carbocycles. The summed E-state index contributed by atoms with van der Waals surface area (Å²) in [7, 11) is 3.08. The van der Waals surface area contributed by atoms with Crippen LogP contribution in [-0.2, 0) is 11.3 Å². The van der Waals surface area contributed by atoms with Gasteiger partial charge in [-0.1, -0.05) is 0 Å². The van der Waals surface area contributed by atoms with Crippen LogP contribution in [0.4, 0.5) is 5.69 Å². The van der Waals surface area contributed by atoms with Gasteiger partial charge in [0.05, 0.1) is 42.4 Å². The van der Waals surface area contributed by atoms with Crippen molar-refractivity contribution in [1.29, 1.82) is 0 Å². The Hall–Kier alpha value is -3.95. The highest BCUT2D eigenvalue weighted by Crippen LogP contribution is 2.29. The highest BCUT2D eigenvalue weighted by atomic mass is 16.6. The maximum Gasteiger partial charge on any atom is 0.271 e. The van der Waals surface area contributed by atoms with Gasteiger partial charge in [-0.15, -0.1) is 0 Å². The van der Waals surface area contributed by atoms with E-state index in [2.05, 4.69) is 10.3 Å². The van der Waals surface area contributed by atoms with Gasteiger partial charge in [-0.3, -0.25) is 24.3 Å². The molecule has 0 radical (unpaired) electrons. The lowest BCUT2D eigenvalue weighted by molar-refractivity contribution is -0.384. The predicted octanol–water partition coefficient (Wildman–Crippen LogP) is 2.20. The van der Waals surface area contributed by atoms with Crippen molar-refractivity contribution in [3.8, 4) is 11.5 Å². The van der Waals surface area contributed by atoms with E-state index in [0.29, 0.717) is 11.5 Å². The van der Waals surface area contributed by atoms with E-state index in [4.69, 9.17) is 9.47 Å². The molecule has 1 atom stereocenters. The first kappa shape index (κ1) is 20.8. The fourth-order valence-corrected chi connectivity index (χ4v) is 3.07. The summed E-state index contributed by atoms with van der Waals surface area (Å²) in [6, 6.07) is 8.64. The highest BCUT2D eigenvalue weighted by molar-refractivity contribution is 5.81. The Balaban J connectivity index is 1.80. The van der Waals surface area contributed by atoms with Crippen molar-refractivity contribution in [3.63, 3.8) is 0 Å². The van der Waals surface area contributed by atoms with Gasteiger partial charge in [-0.05, 0) is 31.2 Å². The lowest BCUT2D eigenvalue weighted by atomic mass is 10.1. The zero-order valence-electron chi connectivity index (χ0n) is 16.6. The van der Waals surface area contributed by atoms with Gasteiger partial charge in [0.2, 0.25) is 5.91 Å². The molecule has 0 aliphatic heterocycles. The van der Waals surface area contributed by atoms with Crippen molar-refractivity contribution in [2.75, 3.05) is 14.2 Å². The number of amides is 1. The first-order valence-electron chi connectivity index (χ1n) is 8.99. The molecule has 156 valence electrons. The quantitative estimate of drug-likeness (QED) is 0.466. The number of non-ortho nitro benzene ring substituents is 1. The van der Waals surface area contributed by atoms with Crippen molar-refractivity contribution in [1.82, 2.24) is 14.9 Å². The number of ether oxygens (including phenoxy) is 2. The molecule has 10 nitrogen and oxygen atoms in total. The van der Waals surface area contributed by atoms with Crippen LogP contribution in [0.3, 0.4) is 0 Å². The SMILES string of the molecule is COc1ccc(OC)c(C(C)NC(=O)Cn2cnc3cc([N+](=O)[O-])ccc3c2=O)c1. The number of carbonyl (C=O) groups excluding carboxylic acids is 1. The van der Waals surface area contributed by atoms with Gasteiger partial charge in [0.1, 0.15) is 18.0 Å². The zero-order valence-corrected chi connectivity index (χ0v) is 16.6. The fraction of sp³-hybridized carbons (Fsp3) is 0.250. The molecule has 0 aliphatic rings. The van der Waals surface area contributed by atoms with Crippen LogP contribution in [0.25, 0.3) is 10.9 Å². The van der Waals surface area contributed by atoms with E-state index in [-0.39, 0.29) is 23.1 Å². The minimum absolute atomic E-state index is 0.161. The fourth-order valence-electron chi connectivity index (χ4n) is 3.07. The van der Waals surface area contributed by atoms with Gasteiger partial charge < -0.3 is 14.8 Å². The van der Waals surface area contributed by atoms with Crippen LogP contribution < -0.4 is 20.3 Å². The Labute approximate surface area is 171 Å². The lowest BCUT2D eigenvalue weighted by Gasteiger charge is -2.18. The predicted molar refractivity (Wildman–Crippen MR) is 109 cm³/mol. The number of hydrogen-bond acceptors (Lipinski definition) is 7. The summed E-state index contributed by atoms with van der Waals surface area (Å²) in [4.78, 5) is 39.5. The number of aromatic nitrogens is 2. The standard InChI is InChI=1S/C20H20N4O6/c1-12(16-9-14(29-2)5-7-18(16)30-3)22-19(25)10-23-11-21-17-8-13(24(27)28)4-6-15(17)20(23)26/h4-9,11-12H,10H2,1-3H3,(H,22,25). The lowest BCUT2D eigenvalue weighted by Crippen LogP contribution is -2.34. The molecule has 0 saturated heterocycles. The normalized spacial score (nSPS) is 11.7. The Bertz CT molecular complexity index is 1170. The number of methoxy groups -OCH3 is 2. The monoisotopic (exact) mass is 412 g/mol. The van der Waals surface area contributed by atoms with E-state index in [9.17, 15) is 19.7 Å². The third-order valence-corrected chi connectivity index (χ3v) is 4.61. The van der Waals surface area contributed by atoms with Gasteiger partial charge in [-0.25, -0.2) is 4.98 Å². The number of nitro benzene ring substituents is 1. The largest absolute Gasteiger partial charge is 0.497 e. The van der Waals surface area contributed by atoms with Crippen LogP contribution in [-0.4, -0.2) is 34.6 Å². The molecule has 3 aromatic rings. The first-order valence-corrected chi connectivity index (χ1v) is 8.99. The summed E-state index contributed by atoms with van der Waals surface area (Å²) in [5, 5.41) is 13.9. The number of nitrogens with zero attached hydrogens (tertiary/aromatic N) is 3. The van der Waals surface area contributed by atoms with Crippen LogP contribution >= 0.6 is 0 Å². The molecule has 0 aliphatic carbocycles. The van der Waals surface area contributed by atoms with E-state index in [0.717, 1.165) is 10.1 Å². The van der Waals surface area contributed by atoms with Gasteiger partial charge in [0.15, 0.2) is 0 Å². The van der Waals surface area contributed by atoms with Crippen molar-refractivity contribution in [2.45, 2.75) is 19.5 Å². The molecule has 3 rings (SSSR count).